The molecule has 1 rings (SSSR count). The number of carboxylic acid groups (broad SMARTS) is 1. The SMILES string of the molecule is N#Cc1ccc(NC(=O)/C=C/C(=O)O)c(C(F)(F)F)c1. The quantitative estimate of drug-likeness (QED) is 0.832. The largest absolute Gasteiger partial charge is 0.478 e. The second-order valence-corrected chi connectivity index (χ2v) is 3.53. The lowest BCUT2D eigenvalue weighted by Gasteiger charge is -2.13. The van der Waals surface area contributed by atoms with E-state index in [1.807, 2.05) is 5.32 Å². The molecule has 1 aromatic rings. The Labute approximate surface area is 110 Å². The number of hydrogen-bond acceptors (Lipinski definition) is 3. The maximum absolute atomic E-state index is 12.8. The van der Waals surface area contributed by atoms with Gasteiger partial charge in [-0.2, -0.15) is 18.4 Å². The van der Waals surface area contributed by atoms with Gasteiger partial charge >= 0.3 is 12.1 Å². The van der Waals surface area contributed by atoms with Crippen LogP contribution < -0.4 is 5.32 Å². The van der Waals surface area contributed by atoms with Crippen molar-refractivity contribution in [1.82, 2.24) is 0 Å². The fourth-order valence-electron chi connectivity index (χ4n) is 1.28. The molecule has 0 aliphatic rings. The van der Waals surface area contributed by atoms with E-state index in [1.54, 1.807) is 6.07 Å². The third-order valence-corrected chi connectivity index (χ3v) is 2.09. The minimum absolute atomic E-state index is 0.212. The first kappa shape index (κ1) is 15.2. The van der Waals surface area contributed by atoms with Crippen molar-refractivity contribution in [2.45, 2.75) is 6.18 Å². The molecule has 0 aliphatic heterocycles. The van der Waals surface area contributed by atoms with Crippen LogP contribution in [0.4, 0.5) is 18.9 Å². The summed E-state index contributed by atoms with van der Waals surface area (Å²) in [6.45, 7) is 0. The molecule has 20 heavy (non-hydrogen) atoms. The van der Waals surface area contributed by atoms with Crippen molar-refractivity contribution >= 4 is 17.6 Å². The fraction of sp³-hybridized carbons (Fsp3) is 0.0833. The van der Waals surface area contributed by atoms with Crippen molar-refractivity contribution in [3.63, 3.8) is 0 Å². The van der Waals surface area contributed by atoms with E-state index in [2.05, 4.69) is 0 Å². The highest BCUT2D eigenvalue weighted by Crippen LogP contribution is 2.35. The molecule has 0 aromatic heterocycles. The monoisotopic (exact) mass is 284 g/mol. The molecule has 0 fully saturated rings. The number of carbonyl (C=O) groups excluding carboxylic acids is 1. The number of alkyl halides is 3. The Morgan fingerprint density at radius 2 is 1.95 bits per heavy atom. The van der Waals surface area contributed by atoms with Crippen LogP contribution in [-0.4, -0.2) is 17.0 Å². The lowest BCUT2D eigenvalue weighted by molar-refractivity contribution is -0.137. The first-order valence-electron chi connectivity index (χ1n) is 5.07. The number of anilines is 1. The Hall–Kier alpha value is -2.82. The summed E-state index contributed by atoms with van der Waals surface area (Å²) >= 11 is 0. The molecular weight excluding hydrogens is 277 g/mol. The topological polar surface area (TPSA) is 90.2 Å². The van der Waals surface area contributed by atoms with Crippen LogP contribution in [0.2, 0.25) is 0 Å². The number of nitrogens with one attached hydrogen (secondary N) is 1. The van der Waals surface area contributed by atoms with Crippen LogP contribution in [0.15, 0.2) is 30.4 Å². The Balaban J connectivity index is 3.10. The zero-order chi connectivity index (χ0) is 15.3. The molecule has 0 radical (unpaired) electrons. The highest BCUT2D eigenvalue weighted by atomic mass is 19.4. The fourth-order valence-corrected chi connectivity index (χ4v) is 1.28. The molecule has 0 atom stereocenters. The summed E-state index contributed by atoms with van der Waals surface area (Å²) < 4.78 is 38.3. The summed E-state index contributed by atoms with van der Waals surface area (Å²) in [6, 6.07) is 4.18. The van der Waals surface area contributed by atoms with Crippen LogP contribution in [0.1, 0.15) is 11.1 Å². The van der Waals surface area contributed by atoms with Crippen molar-refractivity contribution in [2.75, 3.05) is 5.32 Å². The summed E-state index contributed by atoms with van der Waals surface area (Å²) in [6.07, 6.45) is -3.68. The van der Waals surface area contributed by atoms with Gasteiger partial charge in [-0.3, -0.25) is 4.79 Å². The minimum atomic E-state index is -4.76. The maximum Gasteiger partial charge on any atom is 0.418 e. The van der Waals surface area contributed by atoms with Gasteiger partial charge in [-0.05, 0) is 18.2 Å². The molecule has 0 heterocycles. The summed E-state index contributed by atoms with van der Waals surface area (Å²) in [5.41, 5.74) is -1.96. The van der Waals surface area contributed by atoms with Crippen LogP contribution in [0.3, 0.4) is 0 Å². The maximum atomic E-state index is 12.8. The predicted octanol–water partition coefficient (Wildman–Crippen LogP) is 2.16. The Morgan fingerprint density at radius 3 is 2.45 bits per heavy atom. The number of carboxylic acids is 1. The summed E-state index contributed by atoms with van der Waals surface area (Å²) in [7, 11) is 0. The molecule has 1 aromatic carbocycles. The zero-order valence-corrected chi connectivity index (χ0v) is 9.73. The van der Waals surface area contributed by atoms with E-state index in [0.717, 1.165) is 12.1 Å². The van der Waals surface area contributed by atoms with Gasteiger partial charge in [0.05, 0.1) is 22.9 Å². The summed E-state index contributed by atoms with van der Waals surface area (Å²) in [5, 5.41) is 18.8. The van der Waals surface area contributed by atoms with Crippen molar-refractivity contribution in [1.29, 1.82) is 5.26 Å². The van der Waals surface area contributed by atoms with Crippen LogP contribution in [0.25, 0.3) is 0 Å². The highest BCUT2D eigenvalue weighted by molar-refractivity contribution is 6.02. The number of nitriles is 1. The molecule has 104 valence electrons. The van der Waals surface area contributed by atoms with E-state index in [0.29, 0.717) is 18.2 Å². The van der Waals surface area contributed by atoms with E-state index in [9.17, 15) is 22.8 Å². The van der Waals surface area contributed by atoms with Gasteiger partial charge in [-0.25, -0.2) is 4.79 Å². The molecule has 0 aliphatic carbocycles. The van der Waals surface area contributed by atoms with Gasteiger partial charge < -0.3 is 10.4 Å². The van der Waals surface area contributed by atoms with Gasteiger partial charge in [0.25, 0.3) is 0 Å². The molecule has 8 heteroatoms. The number of hydrogen-bond donors (Lipinski definition) is 2. The Morgan fingerprint density at radius 1 is 1.30 bits per heavy atom. The minimum Gasteiger partial charge on any atom is -0.478 e. The van der Waals surface area contributed by atoms with E-state index in [-0.39, 0.29) is 5.56 Å². The smallest absolute Gasteiger partial charge is 0.418 e. The average Bonchev–Trinajstić information content (AvgIpc) is 2.35. The average molecular weight is 284 g/mol. The molecule has 5 nitrogen and oxygen atoms in total. The second-order valence-electron chi connectivity index (χ2n) is 3.53. The second kappa shape index (κ2) is 5.88. The van der Waals surface area contributed by atoms with Crippen LogP contribution >= 0.6 is 0 Å². The molecule has 0 bridgehead atoms. The molecular formula is C12H7F3N2O3. The zero-order valence-electron chi connectivity index (χ0n) is 9.73. The van der Waals surface area contributed by atoms with Crippen molar-refractivity contribution in [3.05, 3.63) is 41.5 Å². The van der Waals surface area contributed by atoms with Gasteiger partial charge in [0, 0.05) is 12.2 Å². The lowest BCUT2D eigenvalue weighted by Crippen LogP contribution is -2.15. The predicted molar refractivity (Wildman–Crippen MR) is 61.6 cm³/mol. The molecule has 1 amide bonds. The third kappa shape index (κ3) is 4.13. The number of aliphatic carboxylic acids is 1. The number of nitrogens with zero attached hydrogens (tertiary/aromatic N) is 1. The number of benzene rings is 1. The Kier molecular flexibility index (Phi) is 4.48. The van der Waals surface area contributed by atoms with Gasteiger partial charge in [0.15, 0.2) is 0 Å². The first-order valence-corrected chi connectivity index (χ1v) is 5.07. The highest BCUT2D eigenvalue weighted by Gasteiger charge is 2.34. The first-order chi connectivity index (χ1) is 9.24. The van der Waals surface area contributed by atoms with Gasteiger partial charge in [-0.15, -0.1) is 0 Å². The molecule has 0 saturated carbocycles. The van der Waals surface area contributed by atoms with Crippen molar-refractivity contribution < 1.29 is 27.9 Å². The van der Waals surface area contributed by atoms with Crippen LogP contribution in [-0.2, 0) is 15.8 Å². The molecule has 0 unspecified atom stereocenters. The Bertz CT molecular complexity index is 615. The number of carbonyl (C=O) groups is 2. The van der Waals surface area contributed by atoms with Crippen molar-refractivity contribution in [3.8, 4) is 6.07 Å². The normalized spacial score (nSPS) is 11.1. The van der Waals surface area contributed by atoms with Crippen molar-refractivity contribution in [2.24, 2.45) is 0 Å². The summed E-state index contributed by atoms with van der Waals surface area (Å²) in [5.74, 6) is -2.43. The van der Waals surface area contributed by atoms with E-state index < -0.39 is 29.3 Å². The van der Waals surface area contributed by atoms with Crippen LogP contribution in [0, 0.1) is 11.3 Å². The number of halogens is 3. The molecule has 2 N–H and O–H groups in total. The number of rotatable bonds is 3. The van der Waals surface area contributed by atoms with E-state index in [4.69, 9.17) is 10.4 Å². The lowest BCUT2D eigenvalue weighted by atomic mass is 10.1. The standard InChI is InChI=1S/C12H7F3N2O3/c13-12(14,15)8-5-7(6-16)1-2-9(8)17-10(18)3-4-11(19)20/h1-5H,(H,17,18)(H,19,20)/b4-3+. The molecule has 0 spiro atoms. The van der Waals surface area contributed by atoms with Crippen LogP contribution in [0.5, 0.6) is 0 Å². The number of amides is 1. The third-order valence-electron chi connectivity index (χ3n) is 2.09. The summed E-state index contributed by atoms with van der Waals surface area (Å²) in [4.78, 5) is 21.4. The molecule has 0 saturated heterocycles. The van der Waals surface area contributed by atoms with Gasteiger partial charge in [0.1, 0.15) is 0 Å². The van der Waals surface area contributed by atoms with E-state index >= 15 is 0 Å². The van der Waals surface area contributed by atoms with Gasteiger partial charge in [0.2, 0.25) is 5.91 Å². The van der Waals surface area contributed by atoms with E-state index in [1.165, 1.54) is 0 Å². The van der Waals surface area contributed by atoms with Gasteiger partial charge in [-0.1, -0.05) is 0 Å².